The number of halogens is 2. The number of aliphatic hydroxyl groups excluding tert-OH is 1. The second-order valence-electron chi connectivity index (χ2n) is 7.92. The van der Waals surface area contributed by atoms with Crippen molar-refractivity contribution in [3.8, 4) is 0 Å². The van der Waals surface area contributed by atoms with Crippen molar-refractivity contribution in [2.24, 2.45) is 17.8 Å². The van der Waals surface area contributed by atoms with Gasteiger partial charge in [0.2, 0.25) is 0 Å². The van der Waals surface area contributed by atoms with E-state index >= 15 is 0 Å². The first-order valence-corrected chi connectivity index (χ1v) is 10.3. The lowest BCUT2D eigenvalue weighted by molar-refractivity contribution is 0.206. The topological polar surface area (TPSA) is 23.5 Å². The van der Waals surface area contributed by atoms with E-state index < -0.39 is 0 Å². The first-order chi connectivity index (χ1) is 13.0. The lowest BCUT2D eigenvalue weighted by Gasteiger charge is -2.41. The Kier molecular flexibility index (Phi) is 5.13. The minimum Gasteiger partial charge on any atom is -0.508 e. The predicted octanol–water partition coefficient (Wildman–Crippen LogP) is 6.51. The van der Waals surface area contributed by atoms with Crippen molar-refractivity contribution in [1.29, 1.82) is 0 Å². The van der Waals surface area contributed by atoms with E-state index in [-0.39, 0.29) is 0 Å². The maximum atomic E-state index is 9.92. The Bertz CT molecular complexity index is 854. The number of rotatable bonds is 2. The monoisotopic (exact) mass is 401 g/mol. The Morgan fingerprint density at radius 2 is 1.89 bits per heavy atom. The summed E-state index contributed by atoms with van der Waals surface area (Å²) in [6, 6.07) is 5.88. The van der Waals surface area contributed by atoms with Crippen molar-refractivity contribution in [2.75, 3.05) is 13.6 Å². The average molecular weight is 402 g/mol. The lowest BCUT2D eigenvalue weighted by atomic mass is 9.62. The standard InChI is InChI=1S/C23H25Cl2NO/c1-14-18-10-11-20(19-9-7-16(24)12-22(19)25)23(21(18)13-26(14)2)15-4-3-5-17(27)8-6-15/h4-9,12,18,20-21,23,27H,1,3,10-11,13H2,2H3. The van der Waals surface area contributed by atoms with Crippen LogP contribution in [0.4, 0.5) is 0 Å². The Hall–Kier alpha value is -1.64. The molecule has 4 heteroatoms. The van der Waals surface area contributed by atoms with Gasteiger partial charge in [-0.2, -0.15) is 0 Å². The predicted molar refractivity (Wildman–Crippen MR) is 113 cm³/mol. The summed E-state index contributed by atoms with van der Waals surface area (Å²) in [5.74, 6) is 2.04. The van der Waals surface area contributed by atoms with Crippen LogP contribution in [0.5, 0.6) is 0 Å². The zero-order chi connectivity index (χ0) is 19.1. The van der Waals surface area contributed by atoms with Gasteiger partial charge in [-0.15, -0.1) is 0 Å². The van der Waals surface area contributed by atoms with Crippen molar-refractivity contribution in [2.45, 2.75) is 25.2 Å². The summed E-state index contributed by atoms with van der Waals surface area (Å²) in [5.41, 5.74) is 3.73. The molecule has 0 bridgehead atoms. The number of likely N-dealkylation sites (tertiary alicyclic amines) is 1. The zero-order valence-electron chi connectivity index (χ0n) is 15.5. The third kappa shape index (κ3) is 3.46. The van der Waals surface area contributed by atoms with Crippen LogP contribution in [-0.2, 0) is 0 Å². The number of nitrogens with zero attached hydrogens (tertiary/aromatic N) is 1. The SMILES string of the molecule is C=C1C2CCC(c3ccc(Cl)cc3Cl)C(C3=CCC=C(O)C=C3)C2CN1C. The minimum absolute atomic E-state index is 0.336. The maximum absolute atomic E-state index is 9.92. The molecule has 0 amide bonds. The summed E-state index contributed by atoms with van der Waals surface area (Å²) in [7, 11) is 2.15. The number of aliphatic hydroxyl groups is 1. The van der Waals surface area contributed by atoms with Gasteiger partial charge in [0.05, 0.1) is 0 Å². The van der Waals surface area contributed by atoms with Crippen LogP contribution in [-0.4, -0.2) is 23.6 Å². The normalized spacial score (nSPS) is 30.6. The lowest BCUT2D eigenvalue weighted by Crippen LogP contribution is -2.34. The number of hydrogen-bond donors (Lipinski definition) is 1. The van der Waals surface area contributed by atoms with Gasteiger partial charge >= 0.3 is 0 Å². The van der Waals surface area contributed by atoms with Crippen molar-refractivity contribution in [3.63, 3.8) is 0 Å². The summed E-state index contributed by atoms with van der Waals surface area (Å²) < 4.78 is 0. The highest BCUT2D eigenvalue weighted by atomic mass is 35.5. The highest BCUT2D eigenvalue weighted by molar-refractivity contribution is 6.35. The van der Waals surface area contributed by atoms with Crippen LogP contribution >= 0.6 is 23.2 Å². The van der Waals surface area contributed by atoms with Crippen LogP contribution in [0.1, 0.15) is 30.7 Å². The molecule has 0 radical (unpaired) electrons. The molecule has 4 unspecified atom stereocenters. The summed E-state index contributed by atoms with van der Waals surface area (Å²) in [6.45, 7) is 5.37. The molecule has 1 saturated heterocycles. The van der Waals surface area contributed by atoms with Crippen LogP contribution in [0.3, 0.4) is 0 Å². The van der Waals surface area contributed by atoms with Gasteiger partial charge in [0, 0.05) is 35.3 Å². The smallest absolute Gasteiger partial charge is 0.111 e. The fraction of sp³-hybridized carbons (Fsp3) is 0.391. The first kappa shape index (κ1) is 18.7. The van der Waals surface area contributed by atoms with Crippen molar-refractivity contribution in [3.05, 3.63) is 81.7 Å². The fourth-order valence-corrected chi connectivity index (χ4v) is 5.73. The van der Waals surface area contributed by atoms with Gasteiger partial charge in [-0.3, -0.25) is 0 Å². The molecule has 3 aliphatic rings. The molecule has 1 aliphatic heterocycles. The minimum atomic E-state index is 0.336. The van der Waals surface area contributed by atoms with E-state index in [1.807, 2.05) is 24.3 Å². The van der Waals surface area contributed by atoms with Crippen molar-refractivity contribution < 1.29 is 5.11 Å². The summed E-state index contributed by atoms with van der Waals surface area (Å²) >= 11 is 12.8. The molecule has 2 aliphatic carbocycles. The van der Waals surface area contributed by atoms with Crippen LogP contribution in [0, 0.1) is 17.8 Å². The number of fused-ring (bicyclic) bond motifs is 1. The van der Waals surface area contributed by atoms with Gasteiger partial charge in [0.1, 0.15) is 5.76 Å². The number of benzene rings is 1. The number of allylic oxidation sites excluding steroid dienone is 6. The summed E-state index contributed by atoms with van der Waals surface area (Å²) in [4.78, 5) is 2.31. The average Bonchev–Trinajstić information content (AvgIpc) is 2.79. The Morgan fingerprint density at radius 3 is 2.67 bits per heavy atom. The van der Waals surface area contributed by atoms with Crippen LogP contribution < -0.4 is 0 Å². The van der Waals surface area contributed by atoms with Gasteiger partial charge in [-0.1, -0.05) is 48.0 Å². The summed E-state index contributed by atoms with van der Waals surface area (Å²) in [6.07, 6.45) is 11.0. The highest BCUT2D eigenvalue weighted by Gasteiger charge is 2.47. The molecule has 4 atom stereocenters. The van der Waals surface area contributed by atoms with Crippen molar-refractivity contribution >= 4 is 23.2 Å². The Labute approximate surface area is 171 Å². The number of hydrogen-bond acceptors (Lipinski definition) is 2. The van der Waals surface area contributed by atoms with Gasteiger partial charge < -0.3 is 10.0 Å². The molecular formula is C23H25Cl2NO. The van der Waals surface area contributed by atoms with E-state index in [1.165, 1.54) is 16.8 Å². The molecule has 27 heavy (non-hydrogen) atoms. The van der Waals surface area contributed by atoms with E-state index in [0.717, 1.165) is 30.8 Å². The van der Waals surface area contributed by atoms with E-state index in [4.69, 9.17) is 23.2 Å². The quantitative estimate of drug-likeness (QED) is 0.610. The molecule has 1 aromatic rings. The van der Waals surface area contributed by atoms with Gasteiger partial charge in [-0.05, 0) is 72.4 Å². The van der Waals surface area contributed by atoms with Gasteiger partial charge in [0.25, 0.3) is 0 Å². The molecule has 142 valence electrons. The van der Waals surface area contributed by atoms with E-state index in [9.17, 15) is 5.11 Å². The van der Waals surface area contributed by atoms with Crippen LogP contribution in [0.25, 0.3) is 0 Å². The van der Waals surface area contributed by atoms with Gasteiger partial charge in [-0.25, -0.2) is 0 Å². The molecule has 2 nitrogen and oxygen atoms in total. The van der Waals surface area contributed by atoms with E-state index in [0.29, 0.717) is 34.5 Å². The maximum Gasteiger partial charge on any atom is 0.111 e. The van der Waals surface area contributed by atoms with E-state index in [2.05, 4.69) is 36.7 Å². The summed E-state index contributed by atoms with van der Waals surface area (Å²) in [5, 5.41) is 11.3. The largest absolute Gasteiger partial charge is 0.508 e. The molecule has 4 rings (SSSR count). The Morgan fingerprint density at radius 1 is 1.11 bits per heavy atom. The fourth-order valence-electron chi connectivity index (χ4n) is 5.18. The highest BCUT2D eigenvalue weighted by Crippen LogP contribution is 2.54. The Balaban J connectivity index is 1.77. The molecule has 2 fully saturated rings. The van der Waals surface area contributed by atoms with Crippen molar-refractivity contribution in [1.82, 2.24) is 4.90 Å². The molecule has 1 saturated carbocycles. The second kappa shape index (κ2) is 7.41. The molecule has 1 aromatic carbocycles. The third-order valence-electron chi connectivity index (χ3n) is 6.48. The molecule has 0 aromatic heterocycles. The molecule has 1 N–H and O–H groups in total. The molecule has 0 spiro atoms. The zero-order valence-corrected chi connectivity index (χ0v) is 17.0. The van der Waals surface area contributed by atoms with Crippen LogP contribution in [0.15, 0.2) is 66.1 Å². The third-order valence-corrected chi connectivity index (χ3v) is 7.04. The van der Waals surface area contributed by atoms with Crippen LogP contribution in [0.2, 0.25) is 10.0 Å². The van der Waals surface area contributed by atoms with Gasteiger partial charge in [0.15, 0.2) is 0 Å². The molecular weight excluding hydrogens is 377 g/mol. The van der Waals surface area contributed by atoms with E-state index in [1.54, 1.807) is 0 Å². The second-order valence-corrected chi connectivity index (χ2v) is 8.76. The first-order valence-electron chi connectivity index (χ1n) is 9.58. The molecule has 1 heterocycles.